The molecule has 0 saturated heterocycles. The minimum atomic E-state index is -1.09. The number of halogens is 2. The molecule has 0 saturated carbocycles. The largest absolute Gasteiger partial charge is 0.319 e. The van der Waals surface area contributed by atoms with Gasteiger partial charge < -0.3 is 9.55 Å². The predicted octanol–water partition coefficient (Wildman–Crippen LogP) is 4.51. The first-order chi connectivity index (χ1) is 15.0. The second-order valence-corrected chi connectivity index (χ2v) is 7.90. The van der Waals surface area contributed by atoms with Crippen molar-refractivity contribution in [3.05, 3.63) is 80.7 Å². The van der Waals surface area contributed by atoms with Gasteiger partial charge in [-0.05, 0) is 42.8 Å². The Labute approximate surface area is 178 Å². The zero-order valence-corrected chi connectivity index (χ0v) is 16.9. The zero-order valence-electron chi connectivity index (χ0n) is 16.1. The smallest absolute Gasteiger partial charge is 0.248 e. The van der Waals surface area contributed by atoms with Gasteiger partial charge in [0.15, 0.2) is 17.5 Å². The molecule has 0 aliphatic heterocycles. The Morgan fingerprint density at radius 1 is 1.23 bits per heavy atom. The van der Waals surface area contributed by atoms with Crippen LogP contribution in [0.2, 0.25) is 0 Å². The number of hydrogen-bond donors (Lipinski definition) is 1. The molecule has 0 aliphatic rings. The van der Waals surface area contributed by atoms with Crippen molar-refractivity contribution in [3.8, 4) is 16.8 Å². The maximum Gasteiger partial charge on any atom is 0.248 e. The van der Waals surface area contributed by atoms with Crippen molar-refractivity contribution in [1.29, 1.82) is 5.26 Å². The third kappa shape index (κ3) is 3.08. The van der Waals surface area contributed by atoms with E-state index in [1.54, 1.807) is 23.7 Å². The number of nitrogens with one attached hydrogen (secondary N) is 1. The van der Waals surface area contributed by atoms with E-state index < -0.39 is 17.2 Å². The van der Waals surface area contributed by atoms with Crippen LogP contribution in [0.3, 0.4) is 0 Å². The number of aromatic amines is 1. The summed E-state index contributed by atoms with van der Waals surface area (Å²) in [6, 6.07) is 11.1. The van der Waals surface area contributed by atoms with Gasteiger partial charge >= 0.3 is 0 Å². The molecule has 0 radical (unpaired) electrons. The van der Waals surface area contributed by atoms with Crippen LogP contribution in [0.25, 0.3) is 32.6 Å². The number of benzene rings is 2. The summed E-state index contributed by atoms with van der Waals surface area (Å²) in [6.07, 6.45) is 0. The molecule has 0 spiro atoms. The Kier molecular flexibility index (Phi) is 4.38. The van der Waals surface area contributed by atoms with E-state index in [9.17, 15) is 18.8 Å². The molecule has 31 heavy (non-hydrogen) atoms. The van der Waals surface area contributed by atoms with Gasteiger partial charge in [0, 0.05) is 11.5 Å². The molecule has 0 bridgehead atoms. The van der Waals surface area contributed by atoms with Crippen LogP contribution in [0, 0.1) is 29.9 Å². The summed E-state index contributed by atoms with van der Waals surface area (Å²) in [5.41, 5.74) is 4.18. The van der Waals surface area contributed by atoms with Gasteiger partial charge in [-0.25, -0.2) is 18.7 Å². The number of H-pyrrole nitrogens is 1. The molecule has 0 unspecified atom stereocenters. The number of aryl methyl sites for hydroxylation is 1. The van der Waals surface area contributed by atoms with Crippen LogP contribution in [-0.2, 0) is 6.54 Å². The summed E-state index contributed by atoms with van der Waals surface area (Å²) < 4.78 is 29.9. The van der Waals surface area contributed by atoms with Gasteiger partial charge in [-0.2, -0.15) is 5.26 Å². The van der Waals surface area contributed by atoms with E-state index in [4.69, 9.17) is 4.98 Å². The Bertz CT molecular complexity index is 1590. The Balaban J connectivity index is 1.78. The van der Waals surface area contributed by atoms with Gasteiger partial charge in [-0.1, -0.05) is 0 Å². The first kappa shape index (κ1) is 19.1. The number of rotatable bonds is 3. The van der Waals surface area contributed by atoms with Crippen molar-refractivity contribution in [2.24, 2.45) is 0 Å². The molecule has 3 heterocycles. The fourth-order valence-corrected chi connectivity index (χ4v) is 4.49. The average Bonchev–Trinajstić information content (AvgIpc) is 3.33. The Morgan fingerprint density at radius 3 is 2.81 bits per heavy atom. The van der Waals surface area contributed by atoms with Crippen LogP contribution in [0.15, 0.2) is 46.7 Å². The van der Waals surface area contributed by atoms with Crippen molar-refractivity contribution < 1.29 is 8.78 Å². The van der Waals surface area contributed by atoms with E-state index in [-0.39, 0.29) is 12.1 Å². The topological polar surface area (TPSA) is 87.4 Å². The van der Waals surface area contributed by atoms with Crippen molar-refractivity contribution in [2.75, 3.05) is 0 Å². The summed E-state index contributed by atoms with van der Waals surface area (Å²) in [6.45, 7) is 2.07. The highest BCUT2D eigenvalue weighted by atomic mass is 32.1. The third-order valence-corrected chi connectivity index (χ3v) is 6.07. The molecule has 6 nitrogen and oxygen atoms in total. The molecule has 0 atom stereocenters. The SMILES string of the molecule is Cc1ncsc1-c1nc2cc(C#N)ccc2n1Cc1cc(=O)[nH]c2c(F)c(F)ccc12. The van der Waals surface area contributed by atoms with Gasteiger partial charge in [-0.15, -0.1) is 11.3 Å². The summed E-state index contributed by atoms with van der Waals surface area (Å²) in [5.74, 6) is -1.50. The Morgan fingerprint density at radius 2 is 2.06 bits per heavy atom. The molecule has 0 aliphatic carbocycles. The molecule has 0 amide bonds. The number of imidazole rings is 1. The number of hydrogen-bond acceptors (Lipinski definition) is 5. The van der Waals surface area contributed by atoms with Crippen LogP contribution in [0.1, 0.15) is 16.8 Å². The van der Waals surface area contributed by atoms with Crippen molar-refractivity contribution >= 4 is 33.3 Å². The number of aromatic nitrogens is 4. The highest BCUT2D eigenvalue weighted by Gasteiger charge is 2.19. The second-order valence-electron chi connectivity index (χ2n) is 7.05. The fourth-order valence-electron chi connectivity index (χ4n) is 3.69. The van der Waals surface area contributed by atoms with Crippen LogP contribution >= 0.6 is 11.3 Å². The molecule has 9 heteroatoms. The van der Waals surface area contributed by atoms with Crippen LogP contribution in [-0.4, -0.2) is 19.5 Å². The Hall–Kier alpha value is -3.90. The molecule has 5 rings (SSSR count). The fraction of sp³-hybridized carbons (Fsp3) is 0.0909. The molecular formula is C22H13F2N5OS. The van der Waals surface area contributed by atoms with E-state index in [0.717, 1.165) is 22.2 Å². The molecular weight excluding hydrogens is 420 g/mol. The van der Waals surface area contributed by atoms with Crippen molar-refractivity contribution in [2.45, 2.75) is 13.5 Å². The minimum Gasteiger partial charge on any atom is -0.319 e. The van der Waals surface area contributed by atoms with Gasteiger partial charge in [-0.3, -0.25) is 4.79 Å². The first-order valence-corrected chi connectivity index (χ1v) is 10.1. The maximum atomic E-state index is 14.3. The van der Waals surface area contributed by atoms with E-state index in [1.807, 2.05) is 11.5 Å². The molecule has 152 valence electrons. The van der Waals surface area contributed by atoms with E-state index in [2.05, 4.69) is 16.0 Å². The van der Waals surface area contributed by atoms with E-state index >= 15 is 0 Å². The predicted molar refractivity (Wildman–Crippen MR) is 114 cm³/mol. The zero-order chi connectivity index (χ0) is 21.7. The minimum absolute atomic E-state index is 0.172. The van der Waals surface area contributed by atoms with Crippen LogP contribution in [0.5, 0.6) is 0 Å². The summed E-state index contributed by atoms with van der Waals surface area (Å²) in [7, 11) is 0. The monoisotopic (exact) mass is 433 g/mol. The quantitative estimate of drug-likeness (QED) is 0.454. The van der Waals surface area contributed by atoms with Crippen LogP contribution in [0.4, 0.5) is 8.78 Å². The maximum absolute atomic E-state index is 14.3. The summed E-state index contributed by atoms with van der Waals surface area (Å²) >= 11 is 1.43. The summed E-state index contributed by atoms with van der Waals surface area (Å²) in [5, 5.41) is 9.64. The number of thiazole rings is 1. The van der Waals surface area contributed by atoms with Gasteiger partial charge in [0.25, 0.3) is 0 Å². The molecule has 2 aromatic carbocycles. The van der Waals surface area contributed by atoms with Crippen LogP contribution < -0.4 is 5.56 Å². The first-order valence-electron chi connectivity index (χ1n) is 9.27. The van der Waals surface area contributed by atoms with E-state index in [1.165, 1.54) is 23.5 Å². The number of nitrogens with zero attached hydrogens (tertiary/aromatic N) is 4. The highest BCUT2D eigenvalue weighted by molar-refractivity contribution is 7.13. The highest BCUT2D eigenvalue weighted by Crippen LogP contribution is 2.32. The number of nitriles is 1. The lowest BCUT2D eigenvalue weighted by atomic mass is 10.1. The lowest BCUT2D eigenvalue weighted by Gasteiger charge is -2.12. The lowest BCUT2D eigenvalue weighted by Crippen LogP contribution is -2.11. The van der Waals surface area contributed by atoms with Gasteiger partial charge in [0.2, 0.25) is 5.56 Å². The number of fused-ring (bicyclic) bond motifs is 2. The molecule has 5 aromatic rings. The average molecular weight is 433 g/mol. The van der Waals surface area contributed by atoms with E-state index in [0.29, 0.717) is 27.9 Å². The molecule has 1 N–H and O–H groups in total. The van der Waals surface area contributed by atoms with Gasteiger partial charge in [0.05, 0.1) is 50.8 Å². The third-order valence-electron chi connectivity index (χ3n) is 5.15. The normalized spacial score (nSPS) is 11.3. The number of pyridine rings is 1. The summed E-state index contributed by atoms with van der Waals surface area (Å²) in [4.78, 5) is 24.4. The van der Waals surface area contributed by atoms with Crippen molar-refractivity contribution in [3.63, 3.8) is 0 Å². The van der Waals surface area contributed by atoms with Gasteiger partial charge in [0.1, 0.15) is 0 Å². The molecule has 0 fully saturated rings. The lowest BCUT2D eigenvalue weighted by molar-refractivity contribution is 0.515. The molecule has 3 aromatic heterocycles. The second kappa shape index (κ2) is 7.11. The standard InChI is InChI=1S/C22H13F2N5OS/c1-11-21(31-10-26-11)22-27-16-6-12(8-25)2-5-17(16)29(22)9-13-7-18(30)28-20-14(13)3-4-15(23)19(20)24/h2-7,10H,9H2,1H3,(H,28,30). The van der Waals surface area contributed by atoms with Crippen molar-refractivity contribution in [1.82, 2.24) is 19.5 Å².